The maximum absolute atomic E-state index is 15.7. The number of carbonyl (C=O) groups is 1. The lowest BCUT2D eigenvalue weighted by Crippen LogP contribution is -2.48. The third kappa shape index (κ3) is 6.00. The van der Waals surface area contributed by atoms with E-state index in [1.165, 1.54) is 24.9 Å². The fraction of sp³-hybridized carbons (Fsp3) is 0.478. The number of fused-ring (bicyclic) bond motifs is 1. The summed E-state index contributed by atoms with van der Waals surface area (Å²) >= 11 is 11.9. The van der Waals surface area contributed by atoms with Crippen LogP contribution in [0.5, 0.6) is 5.75 Å². The Kier molecular flexibility index (Phi) is 9.15. The first-order valence-corrected chi connectivity index (χ1v) is 15.2. The highest BCUT2D eigenvalue weighted by molar-refractivity contribution is 8.09. The highest BCUT2D eigenvalue weighted by atomic mass is 35.5. The zero-order chi connectivity index (χ0) is 29.2. The first kappa shape index (κ1) is 30.3. The topological polar surface area (TPSA) is 159 Å². The monoisotopic (exact) mass is 617 g/mol. The van der Waals surface area contributed by atoms with E-state index >= 15 is 4.39 Å². The van der Waals surface area contributed by atoms with Gasteiger partial charge in [0.25, 0.3) is 0 Å². The minimum absolute atomic E-state index is 0.0524. The number of para-hydroxylation sites is 1. The van der Waals surface area contributed by atoms with Crippen LogP contribution < -0.4 is 20.2 Å². The Morgan fingerprint density at radius 1 is 1.40 bits per heavy atom. The average Bonchev–Trinajstić information content (AvgIpc) is 3.45. The van der Waals surface area contributed by atoms with Gasteiger partial charge < -0.3 is 34.3 Å². The van der Waals surface area contributed by atoms with E-state index in [0.29, 0.717) is 17.1 Å². The molecule has 0 amide bonds. The van der Waals surface area contributed by atoms with Crippen LogP contribution in [0.3, 0.4) is 0 Å². The number of nitrogen functional groups attached to an aromatic ring is 1. The van der Waals surface area contributed by atoms with Crippen molar-refractivity contribution >= 4 is 58.9 Å². The number of nitrogens with two attached hydrogens (primary N) is 1. The summed E-state index contributed by atoms with van der Waals surface area (Å²) in [7, 11) is 4.73. The number of hydrogen-bond donors (Lipinski definition) is 3. The lowest BCUT2D eigenvalue weighted by molar-refractivity contribution is -0.142. The smallest absolute Gasteiger partial charge is 0.323 e. The second-order valence-electron chi connectivity index (χ2n) is 9.27. The van der Waals surface area contributed by atoms with Crippen molar-refractivity contribution in [2.75, 3.05) is 44.3 Å². The summed E-state index contributed by atoms with van der Waals surface area (Å²) < 4.78 is 39.8. The molecule has 40 heavy (non-hydrogen) atoms. The zero-order valence-corrected chi connectivity index (χ0v) is 24.6. The van der Waals surface area contributed by atoms with Gasteiger partial charge in [-0.1, -0.05) is 18.2 Å². The number of rotatable bonds is 11. The number of aliphatic hydroxyl groups is 1. The molecule has 3 heterocycles. The quantitative estimate of drug-likeness (QED) is 0.163. The first-order valence-electron chi connectivity index (χ1n) is 12.0. The Morgan fingerprint density at radius 2 is 2.10 bits per heavy atom. The molecule has 0 unspecified atom stereocenters. The molecule has 1 fully saturated rings. The number of imidazole rings is 1. The summed E-state index contributed by atoms with van der Waals surface area (Å²) in [5.41, 5.74) is 4.69. The summed E-state index contributed by atoms with van der Waals surface area (Å²) in [4.78, 5) is 26.5. The Bertz CT molecular complexity index is 1400. The lowest BCUT2D eigenvalue weighted by atomic mass is 9.99. The van der Waals surface area contributed by atoms with E-state index in [9.17, 15) is 9.90 Å². The van der Waals surface area contributed by atoms with E-state index in [2.05, 4.69) is 20.0 Å². The van der Waals surface area contributed by atoms with Gasteiger partial charge in [0, 0.05) is 14.1 Å². The third-order valence-electron chi connectivity index (χ3n) is 6.17. The van der Waals surface area contributed by atoms with E-state index in [1.54, 1.807) is 49.3 Å². The molecule has 0 aliphatic carbocycles. The highest BCUT2D eigenvalue weighted by Gasteiger charge is 2.57. The molecular formula is C23H30ClFN7O6PS. The molecule has 2 aromatic heterocycles. The van der Waals surface area contributed by atoms with Crippen molar-refractivity contribution in [2.24, 2.45) is 0 Å². The second-order valence-corrected chi connectivity index (χ2v) is 12.7. The molecule has 1 aliphatic rings. The van der Waals surface area contributed by atoms with Gasteiger partial charge in [0.2, 0.25) is 5.95 Å². The number of benzene rings is 1. The zero-order valence-electron chi connectivity index (χ0n) is 22.1. The molecular weight excluding hydrogens is 588 g/mol. The predicted molar refractivity (Wildman–Crippen MR) is 150 cm³/mol. The largest absolute Gasteiger partial charge is 0.468 e. The number of aromatic nitrogens is 4. The van der Waals surface area contributed by atoms with Crippen molar-refractivity contribution < 1.29 is 32.8 Å². The number of nitrogens with zero attached hydrogens (tertiary/aromatic N) is 5. The van der Waals surface area contributed by atoms with E-state index in [4.69, 9.17) is 47.7 Å². The summed E-state index contributed by atoms with van der Waals surface area (Å²) in [6.07, 6.45) is -3.77. The first-order chi connectivity index (χ1) is 18.9. The molecule has 6 atom stereocenters. The number of alkyl halides is 2. The number of anilines is 2. The van der Waals surface area contributed by atoms with Crippen LogP contribution in [-0.4, -0.2) is 88.2 Å². The van der Waals surface area contributed by atoms with Crippen molar-refractivity contribution in [3.8, 4) is 5.75 Å². The number of esters is 1. The molecule has 13 nitrogen and oxygen atoms in total. The maximum atomic E-state index is 15.7. The van der Waals surface area contributed by atoms with Gasteiger partial charge in [0.1, 0.15) is 23.5 Å². The number of halogens is 2. The van der Waals surface area contributed by atoms with E-state index < -0.39 is 49.4 Å². The van der Waals surface area contributed by atoms with Crippen molar-refractivity contribution in [3.05, 3.63) is 36.7 Å². The van der Waals surface area contributed by atoms with Crippen molar-refractivity contribution in [2.45, 2.75) is 37.1 Å². The lowest BCUT2D eigenvalue weighted by Gasteiger charge is -2.33. The standard InChI is InChI=1S/C23H30ClFN7O6PS/c1-13(21(34)35-4)30-39(40,38-14-8-6-5-7-9-14)36-11-23(10-24)17(33)15(25)20(37-23)32-12-27-16-18(31(2)3)28-22(26)29-19(16)32/h5-9,12-13,15,17,20,33H,10-11H2,1-4H3,(H,30,40)(H2,26,28,29)/t13-,15-,17-,20+,23+,39-/m0/s1. The van der Waals surface area contributed by atoms with Crippen LogP contribution in [0.2, 0.25) is 0 Å². The molecule has 1 saturated heterocycles. The van der Waals surface area contributed by atoms with Crippen LogP contribution in [0.4, 0.5) is 16.2 Å². The van der Waals surface area contributed by atoms with Crippen LogP contribution in [0.15, 0.2) is 36.7 Å². The van der Waals surface area contributed by atoms with Crippen LogP contribution in [-0.2, 0) is 30.6 Å². The molecule has 1 aromatic carbocycles. The van der Waals surface area contributed by atoms with E-state index in [0.717, 1.165) is 0 Å². The van der Waals surface area contributed by atoms with Crippen LogP contribution >= 0.6 is 18.2 Å². The molecule has 3 aromatic rings. The van der Waals surface area contributed by atoms with Gasteiger partial charge in [-0.05, 0) is 30.9 Å². The minimum Gasteiger partial charge on any atom is -0.468 e. The van der Waals surface area contributed by atoms with Crippen LogP contribution in [0, 0.1) is 0 Å². The molecule has 1 aliphatic heterocycles. The fourth-order valence-corrected chi connectivity index (χ4v) is 6.82. The second kappa shape index (κ2) is 12.1. The van der Waals surface area contributed by atoms with Gasteiger partial charge in [0.05, 0.1) is 25.9 Å². The summed E-state index contributed by atoms with van der Waals surface area (Å²) in [6.45, 7) is -2.47. The number of aliphatic hydroxyl groups excluding tert-OH is 1. The molecule has 17 heteroatoms. The fourth-order valence-electron chi connectivity index (χ4n) is 4.09. The van der Waals surface area contributed by atoms with Gasteiger partial charge in [-0.25, -0.2) is 14.5 Å². The normalized spacial score (nSPS) is 24.9. The predicted octanol–water partition coefficient (Wildman–Crippen LogP) is 2.15. The van der Waals surface area contributed by atoms with Gasteiger partial charge in [0.15, 0.2) is 29.4 Å². The molecule has 4 rings (SSSR count). The Balaban J connectivity index is 1.63. The number of carbonyl (C=O) groups excluding carboxylic acids is 1. The summed E-state index contributed by atoms with van der Waals surface area (Å²) in [5, 5.41) is 13.9. The molecule has 0 radical (unpaired) electrons. The van der Waals surface area contributed by atoms with E-state index in [-0.39, 0.29) is 17.5 Å². The Hall–Kier alpha value is -2.65. The van der Waals surface area contributed by atoms with Crippen molar-refractivity contribution in [1.29, 1.82) is 0 Å². The van der Waals surface area contributed by atoms with Gasteiger partial charge >= 0.3 is 12.6 Å². The number of ether oxygens (including phenoxy) is 2. The Labute approximate surface area is 239 Å². The number of methoxy groups -OCH3 is 1. The number of hydrogen-bond acceptors (Lipinski definition) is 12. The van der Waals surface area contributed by atoms with Crippen LogP contribution in [0.25, 0.3) is 11.2 Å². The van der Waals surface area contributed by atoms with Crippen molar-refractivity contribution in [3.63, 3.8) is 0 Å². The van der Waals surface area contributed by atoms with Crippen LogP contribution in [0.1, 0.15) is 13.2 Å². The SMILES string of the molecule is COC(=O)[C@H](C)N[P@](=S)(OC[C@@]1(CCl)O[C@@H](n2cnc3c(N(C)C)nc(N)nc32)[C@@H](F)[C@@H]1O)Oc1ccccc1. The molecule has 0 spiro atoms. The summed E-state index contributed by atoms with van der Waals surface area (Å²) in [5.74, 6) is -0.239. The average molecular weight is 618 g/mol. The maximum Gasteiger partial charge on any atom is 0.323 e. The van der Waals surface area contributed by atoms with Gasteiger partial charge in [-0.2, -0.15) is 9.97 Å². The Morgan fingerprint density at radius 3 is 2.73 bits per heavy atom. The molecule has 4 N–H and O–H groups in total. The molecule has 218 valence electrons. The number of nitrogens with one attached hydrogen (secondary N) is 1. The summed E-state index contributed by atoms with van der Waals surface area (Å²) in [6, 6.07) is 7.65. The molecule has 0 saturated carbocycles. The molecule has 0 bridgehead atoms. The van der Waals surface area contributed by atoms with Crippen molar-refractivity contribution in [1.82, 2.24) is 24.6 Å². The van der Waals surface area contributed by atoms with Gasteiger partial charge in [-0.3, -0.25) is 9.36 Å². The van der Waals surface area contributed by atoms with E-state index in [1.807, 2.05) is 0 Å². The highest BCUT2D eigenvalue weighted by Crippen LogP contribution is 2.49. The van der Waals surface area contributed by atoms with Gasteiger partial charge in [-0.15, -0.1) is 11.6 Å². The third-order valence-corrected chi connectivity index (χ3v) is 9.10. The minimum atomic E-state index is -3.51.